The van der Waals surface area contributed by atoms with Crippen molar-refractivity contribution in [2.75, 3.05) is 36.9 Å². The van der Waals surface area contributed by atoms with Crippen LogP contribution < -0.4 is 4.90 Å². The standard InChI is InChI=1S/C24H32N2O3S/c1-2-22(27)26(20-8-4-3-5-9-20)21-12-14-25(15-13-21)16-17-28-23-11-10-19-7-6-18-30-24(19)29-23/h3-9,21,23H,2,10-18H2,1H3. The van der Waals surface area contributed by atoms with E-state index < -0.39 is 0 Å². The van der Waals surface area contributed by atoms with E-state index in [0.29, 0.717) is 13.0 Å². The lowest BCUT2D eigenvalue weighted by Gasteiger charge is -2.38. The van der Waals surface area contributed by atoms with Gasteiger partial charge in [0.25, 0.3) is 0 Å². The van der Waals surface area contributed by atoms with E-state index in [1.807, 2.05) is 42.2 Å². The van der Waals surface area contributed by atoms with E-state index in [4.69, 9.17) is 9.47 Å². The smallest absolute Gasteiger partial charge is 0.226 e. The minimum absolute atomic E-state index is 0.115. The van der Waals surface area contributed by atoms with E-state index >= 15 is 0 Å². The SMILES string of the molecule is CCC(=O)N(c1ccccc1)C1CCN(CCOC2CCC3=C(O2)SCC=C3)CC1. The van der Waals surface area contributed by atoms with Gasteiger partial charge in [0, 0.05) is 55.5 Å². The van der Waals surface area contributed by atoms with Crippen LogP contribution in [0.3, 0.4) is 0 Å². The van der Waals surface area contributed by atoms with Crippen molar-refractivity contribution in [1.29, 1.82) is 0 Å². The molecule has 0 bridgehead atoms. The summed E-state index contributed by atoms with van der Waals surface area (Å²) in [5.41, 5.74) is 2.34. The van der Waals surface area contributed by atoms with Crippen LogP contribution in [0.2, 0.25) is 0 Å². The third-order valence-electron chi connectivity index (χ3n) is 6.02. The fourth-order valence-corrected chi connectivity index (χ4v) is 5.25. The molecule has 0 aromatic heterocycles. The Morgan fingerprint density at radius 2 is 2.03 bits per heavy atom. The molecule has 0 radical (unpaired) electrons. The second-order valence-electron chi connectivity index (χ2n) is 8.01. The first-order valence-corrected chi connectivity index (χ1v) is 12.1. The van der Waals surface area contributed by atoms with Gasteiger partial charge < -0.3 is 19.3 Å². The van der Waals surface area contributed by atoms with E-state index in [9.17, 15) is 4.79 Å². The summed E-state index contributed by atoms with van der Waals surface area (Å²) in [5, 5.41) is 1.05. The maximum Gasteiger partial charge on any atom is 0.226 e. The van der Waals surface area contributed by atoms with Crippen LogP contribution in [0.15, 0.2) is 53.1 Å². The van der Waals surface area contributed by atoms with Gasteiger partial charge in [0.15, 0.2) is 5.09 Å². The molecule has 1 aromatic carbocycles. The summed E-state index contributed by atoms with van der Waals surface area (Å²) in [4.78, 5) is 17.1. The van der Waals surface area contributed by atoms with E-state index in [1.165, 1.54) is 5.57 Å². The predicted octanol–water partition coefficient (Wildman–Crippen LogP) is 4.56. The van der Waals surface area contributed by atoms with Crippen LogP contribution in [-0.4, -0.2) is 55.1 Å². The van der Waals surface area contributed by atoms with Gasteiger partial charge in [-0.1, -0.05) is 49.0 Å². The summed E-state index contributed by atoms with van der Waals surface area (Å²) in [7, 11) is 0. The molecule has 0 aliphatic carbocycles. The van der Waals surface area contributed by atoms with Crippen molar-refractivity contribution in [1.82, 2.24) is 4.90 Å². The number of thioether (sulfide) groups is 1. The molecule has 0 spiro atoms. The average molecular weight is 429 g/mol. The van der Waals surface area contributed by atoms with Gasteiger partial charge in [-0.3, -0.25) is 4.79 Å². The summed E-state index contributed by atoms with van der Waals surface area (Å²) in [6.45, 7) is 5.54. The highest BCUT2D eigenvalue weighted by Gasteiger charge is 2.29. The zero-order valence-corrected chi connectivity index (χ0v) is 18.6. The lowest BCUT2D eigenvalue weighted by molar-refractivity contribution is -0.123. The molecule has 0 saturated carbocycles. The number of anilines is 1. The number of nitrogens with zero attached hydrogens (tertiary/aromatic N) is 2. The Kier molecular flexibility index (Phi) is 7.52. The largest absolute Gasteiger partial charge is 0.458 e. The lowest BCUT2D eigenvalue weighted by atomic mass is 10.0. The van der Waals surface area contributed by atoms with Crippen molar-refractivity contribution in [2.45, 2.75) is 51.4 Å². The number of hydrogen-bond donors (Lipinski definition) is 0. The zero-order chi connectivity index (χ0) is 20.8. The topological polar surface area (TPSA) is 42.0 Å². The number of para-hydroxylation sites is 1. The van der Waals surface area contributed by atoms with Gasteiger partial charge in [0.2, 0.25) is 12.2 Å². The predicted molar refractivity (Wildman–Crippen MR) is 122 cm³/mol. The van der Waals surface area contributed by atoms with E-state index in [2.05, 4.69) is 17.1 Å². The molecule has 1 atom stereocenters. The Labute approximate surface area is 184 Å². The number of piperidine rings is 1. The van der Waals surface area contributed by atoms with Crippen molar-refractivity contribution in [3.8, 4) is 0 Å². The van der Waals surface area contributed by atoms with Crippen molar-refractivity contribution in [2.24, 2.45) is 0 Å². The van der Waals surface area contributed by atoms with Gasteiger partial charge in [-0.25, -0.2) is 0 Å². The molecule has 3 heterocycles. The minimum atomic E-state index is -0.115. The zero-order valence-electron chi connectivity index (χ0n) is 17.8. The molecule has 6 heteroatoms. The normalized spacial score (nSPS) is 22.5. The summed E-state index contributed by atoms with van der Waals surface area (Å²) < 4.78 is 12.1. The number of carbonyl (C=O) groups excluding carboxylic acids is 1. The summed E-state index contributed by atoms with van der Waals surface area (Å²) in [6.07, 6.45) is 8.78. The molecule has 1 aromatic rings. The third-order valence-corrected chi connectivity index (χ3v) is 7.00. The average Bonchev–Trinajstić information content (AvgIpc) is 2.81. The molecule has 1 saturated heterocycles. The third kappa shape index (κ3) is 5.29. The highest BCUT2D eigenvalue weighted by Crippen LogP contribution is 2.35. The number of likely N-dealkylation sites (tertiary alicyclic amines) is 1. The summed E-state index contributed by atoms with van der Waals surface area (Å²) in [6, 6.07) is 10.4. The van der Waals surface area contributed by atoms with E-state index in [0.717, 1.165) is 61.8 Å². The lowest BCUT2D eigenvalue weighted by Crippen LogP contribution is -2.48. The number of ether oxygens (including phenoxy) is 2. The number of benzene rings is 1. The second-order valence-corrected chi connectivity index (χ2v) is 9.00. The maximum absolute atomic E-state index is 12.6. The summed E-state index contributed by atoms with van der Waals surface area (Å²) >= 11 is 1.77. The van der Waals surface area contributed by atoms with Gasteiger partial charge >= 0.3 is 0 Å². The molecule has 5 nitrogen and oxygen atoms in total. The van der Waals surface area contributed by atoms with Crippen LogP contribution in [0, 0.1) is 0 Å². The van der Waals surface area contributed by atoms with E-state index in [1.54, 1.807) is 11.8 Å². The first-order chi connectivity index (χ1) is 14.7. The van der Waals surface area contributed by atoms with Crippen molar-refractivity contribution in [3.63, 3.8) is 0 Å². The van der Waals surface area contributed by atoms with Crippen LogP contribution in [0.4, 0.5) is 5.69 Å². The number of carbonyl (C=O) groups is 1. The first kappa shape index (κ1) is 21.5. The highest BCUT2D eigenvalue weighted by atomic mass is 32.2. The van der Waals surface area contributed by atoms with Gasteiger partial charge in [-0.2, -0.15) is 0 Å². The molecule has 1 amide bonds. The molecule has 3 aliphatic heterocycles. The molecule has 1 fully saturated rings. The van der Waals surface area contributed by atoms with Crippen LogP contribution in [0.25, 0.3) is 0 Å². The van der Waals surface area contributed by atoms with Crippen LogP contribution in [0.5, 0.6) is 0 Å². The van der Waals surface area contributed by atoms with E-state index in [-0.39, 0.29) is 18.2 Å². The molecule has 162 valence electrons. The first-order valence-electron chi connectivity index (χ1n) is 11.1. The molecular weight excluding hydrogens is 396 g/mol. The second kappa shape index (κ2) is 10.5. The Hall–Kier alpha value is -1.76. The van der Waals surface area contributed by atoms with Crippen molar-refractivity contribution >= 4 is 23.4 Å². The van der Waals surface area contributed by atoms with Gasteiger partial charge in [0.1, 0.15) is 0 Å². The molecule has 0 N–H and O–H groups in total. The van der Waals surface area contributed by atoms with Gasteiger partial charge in [0.05, 0.1) is 6.61 Å². The maximum atomic E-state index is 12.6. The molecule has 30 heavy (non-hydrogen) atoms. The quantitative estimate of drug-likeness (QED) is 0.637. The van der Waals surface area contributed by atoms with Crippen LogP contribution in [-0.2, 0) is 14.3 Å². The fraction of sp³-hybridized carbons (Fsp3) is 0.542. The van der Waals surface area contributed by atoms with Crippen molar-refractivity contribution < 1.29 is 14.3 Å². The van der Waals surface area contributed by atoms with Crippen LogP contribution in [0.1, 0.15) is 39.0 Å². The van der Waals surface area contributed by atoms with Gasteiger partial charge in [-0.05, 0) is 31.4 Å². The highest BCUT2D eigenvalue weighted by molar-refractivity contribution is 8.03. The number of rotatable bonds is 7. The number of amides is 1. The van der Waals surface area contributed by atoms with Crippen molar-refractivity contribution in [3.05, 3.63) is 53.1 Å². The Morgan fingerprint density at radius 1 is 1.23 bits per heavy atom. The Morgan fingerprint density at radius 3 is 2.80 bits per heavy atom. The molecule has 1 unspecified atom stereocenters. The molecule has 4 rings (SSSR count). The Balaban J connectivity index is 1.22. The summed E-state index contributed by atoms with van der Waals surface area (Å²) in [5.74, 6) is 1.20. The monoisotopic (exact) mass is 428 g/mol. The van der Waals surface area contributed by atoms with Crippen LogP contribution >= 0.6 is 11.8 Å². The Bertz CT molecular complexity index is 772. The molecule has 3 aliphatic rings. The number of hydrogen-bond acceptors (Lipinski definition) is 5. The molecular formula is C24H32N2O3S. The fourth-order valence-electron chi connectivity index (χ4n) is 4.37. The minimum Gasteiger partial charge on any atom is -0.458 e. The van der Waals surface area contributed by atoms with Gasteiger partial charge in [-0.15, -0.1) is 0 Å². The number of allylic oxidation sites excluding steroid dienone is 2.